The maximum absolute atomic E-state index is 13.7. The third-order valence-electron chi connectivity index (χ3n) is 32.2. The zero-order valence-corrected chi connectivity index (χ0v) is 78.4. The first kappa shape index (κ1) is 99.9. The van der Waals surface area contributed by atoms with E-state index in [1.54, 1.807) is 29.4 Å². The van der Waals surface area contributed by atoms with Crippen LogP contribution < -0.4 is 0 Å². The van der Waals surface area contributed by atoms with Gasteiger partial charge in [-0.3, -0.25) is 28.8 Å². The molecule has 3 heterocycles. The van der Waals surface area contributed by atoms with E-state index in [0.717, 1.165) is 92.1 Å². The second kappa shape index (κ2) is 38.5. The van der Waals surface area contributed by atoms with E-state index in [1.165, 1.54) is 86.8 Å². The average molecular weight is 1780 g/mol. The summed E-state index contributed by atoms with van der Waals surface area (Å²) < 4.78 is 52.2. The number of aldehydes is 2. The van der Waals surface area contributed by atoms with Crippen LogP contribution in [0.25, 0.3) is 0 Å². The topological polar surface area (TPSA) is 408 Å². The molecule has 0 aromatic carbocycles. The highest BCUT2D eigenvalue weighted by molar-refractivity contribution is 5.94. The van der Waals surface area contributed by atoms with Crippen molar-refractivity contribution in [2.45, 2.75) is 364 Å². The predicted octanol–water partition coefficient (Wildman–Crippen LogP) is 11.3. The van der Waals surface area contributed by atoms with Crippen LogP contribution in [0.3, 0.4) is 0 Å². The number of carbonyl (C=O) groups excluding carboxylic acids is 6. The van der Waals surface area contributed by atoms with Crippen LogP contribution in [0.4, 0.5) is 0 Å². The standard InChI is InChI=1S/C27H36O9.C27H40O8.C27H38O8.C20H32O/c1-13(2)16-6-7-26(4)20(31)10-27(5)17(22(16)26)9-19(35-14(3)29)15(11-28)8-21(27)36-25-24(33)23(32)18(30)12-34-25;2*1-14(2)17-6-7-26(4)8-9-27(5)18(22(17)26)11-20(34-15(3)29)16(12-28)10-21(27)35-25-24(32)23(31)19(30)13-33-25;1-13(2)15-8-9-19(4)10-11-20(5)16(18(15)19)7-6-14(3)12-17(20)21/h8-9,11,13,18-19,21,23-25,30,32-33H,6-7,10,12H2,1-5H3;10-11,14,19-21,23-25,28,30-32H,6-9,12-13H2,1-5H3;10-12,14,19-21,23-25,30-32H,6-9,13H2,1-5H3;12-13,16-17,21H,6-11H2,1-5H3/t18-,19?,21+,23+,24-,25+,26-,27-;19-,20-,21+,23+,24-,25+,26-,27-;19-,20?,21+,23+,24-,25+,26-,27-;16?,17-,19+,20+/m1110/s1. The number of allylic oxidation sites excluding steroid dienone is 9. The van der Waals surface area contributed by atoms with Crippen LogP contribution in [0.2, 0.25) is 0 Å². The molecule has 0 aromatic rings. The SMILES string of the molecule is CC(=O)OC1C=C2C3=C(C(C)C)CC[C@]3(C)C(=O)C[C@@]2(C)[C@@H](O[C@@H]2OC[C@@H](O)[C@H](O)[C@H]2O)C=C1C=O.CC(=O)OC1C=C2C3=C(C(C)C)CC[C@]3(C)CC[C@@]2(C)[C@@H](O[C@@H]2OC[C@@H](O)[C@H](O)[C@H]2O)C=C1C=O.CC(=O)O[C@@H]1C=C2C3=C(C(C)C)CC[C@]3(C)CC[C@@]2(C)[C@@H](O[C@@H]2OC[C@@H](O)[C@H](O)[C@H]2O)C=C1CO.CC1=C[C@H](O)[C@]2(C)CC[C@@]3(C)CCC(C(C)C)=C3C2CC1. The largest absolute Gasteiger partial charge is 0.454 e. The Labute approximate surface area is 749 Å². The van der Waals surface area contributed by atoms with Crippen molar-refractivity contribution in [3.63, 3.8) is 0 Å². The van der Waals surface area contributed by atoms with Gasteiger partial charge in [0.1, 0.15) is 91.6 Å². The average Bonchev–Trinajstić information content (AvgIpc) is 1.61. The van der Waals surface area contributed by atoms with Gasteiger partial charge in [0, 0.05) is 60.0 Å². The Hall–Kier alpha value is -6.12. The smallest absolute Gasteiger partial charge is 0.303 e. The molecule has 26 nitrogen and oxygen atoms in total. The molecule has 11 N–H and O–H groups in total. The molecule has 0 spiro atoms. The molecule has 3 aliphatic heterocycles. The van der Waals surface area contributed by atoms with E-state index in [9.17, 15) is 84.9 Å². The summed E-state index contributed by atoms with van der Waals surface area (Å²) in [5.41, 5.74) is 13.5. The molecular weight excluding hydrogens is 1630 g/mol. The van der Waals surface area contributed by atoms with Crippen molar-refractivity contribution in [3.05, 3.63) is 126 Å². The number of hydrogen-bond acceptors (Lipinski definition) is 26. The summed E-state index contributed by atoms with van der Waals surface area (Å²) in [4.78, 5) is 73.9. The summed E-state index contributed by atoms with van der Waals surface area (Å²) in [6.45, 7) is 40.2. The van der Waals surface area contributed by atoms with Gasteiger partial charge in [0.2, 0.25) is 0 Å². The van der Waals surface area contributed by atoms with Crippen LogP contribution in [0.1, 0.15) is 248 Å². The third-order valence-corrected chi connectivity index (χ3v) is 32.2. The van der Waals surface area contributed by atoms with Gasteiger partial charge in [0.05, 0.1) is 56.3 Å². The van der Waals surface area contributed by atoms with E-state index in [1.807, 2.05) is 26.0 Å². The first-order chi connectivity index (χ1) is 59.4. The van der Waals surface area contributed by atoms with Crippen LogP contribution >= 0.6 is 0 Å². The second-order valence-corrected chi connectivity index (χ2v) is 42.4. The van der Waals surface area contributed by atoms with Crippen LogP contribution in [-0.4, -0.2) is 235 Å². The molecule has 0 radical (unpaired) electrons. The van der Waals surface area contributed by atoms with Gasteiger partial charge in [-0.2, -0.15) is 0 Å². The molecule has 3 unspecified atom stereocenters. The van der Waals surface area contributed by atoms with Gasteiger partial charge >= 0.3 is 17.9 Å². The molecule has 0 aromatic heterocycles. The van der Waals surface area contributed by atoms with Crippen LogP contribution in [-0.2, 0) is 71.4 Å². The number of rotatable bonds is 16. The minimum atomic E-state index is -1.55. The summed E-state index contributed by atoms with van der Waals surface area (Å²) in [5, 5.41) is 113. The normalized spacial score (nSPS) is 41.7. The second-order valence-electron chi connectivity index (χ2n) is 42.4. The molecule has 28 atom stereocenters. The van der Waals surface area contributed by atoms with Crippen molar-refractivity contribution in [1.29, 1.82) is 0 Å². The van der Waals surface area contributed by atoms with E-state index >= 15 is 0 Å². The fraction of sp³-hybridized carbons (Fsp3) is 0.723. The lowest BCUT2D eigenvalue weighted by Crippen LogP contribution is -2.56. The summed E-state index contributed by atoms with van der Waals surface area (Å²) in [7, 11) is 0. The summed E-state index contributed by atoms with van der Waals surface area (Å²) in [6.07, 6.45) is 9.25. The fourth-order valence-corrected chi connectivity index (χ4v) is 24.0. The van der Waals surface area contributed by atoms with Crippen molar-refractivity contribution >= 4 is 36.3 Å². The zero-order valence-electron chi connectivity index (χ0n) is 78.4. The zero-order chi connectivity index (χ0) is 93.4. The molecule has 3 saturated heterocycles. The molecule has 7 fully saturated rings. The Balaban J connectivity index is 0.000000156. The highest BCUT2D eigenvalue weighted by atomic mass is 16.7. The fourth-order valence-electron chi connectivity index (χ4n) is 24.0. The van der Waals surface area contributed by atoms with Gasteiger partial charge in [-0.25, -0.2) is 0 Å². The molecule has 15 aliphatic rings. The molecule has 15 rings (SSSR count). The Kier molecular flexibility index (Phi) is 30.2. The maximum Gasteiger partial charge on any atom is 0.303 e. The Bertz CT molecular complexity index is 4540. The molecule has 0 amide bonds. The molecule has 12 aliphatic carbocycles. The van der Waals surface area contributed by atoms with Crippen molar-refractivity contribution in [2.24, 2.45) is 72.9 Å². The monoisotopic (exact) mass is 1780 g/mol. The van der Waals surface area contributed by atoms with E-state index in [0.29, 0.717) is 53.7 Å². The number of ether oxygens (including phenoxy) is 9. The van der Waals surface area contributed by atoms with Crippen LogP contribution in [0.15, 0.2) is 126 Å². The summed E-state index contributed by atoms with van der Waals surface area (Å²) in [5.74, 6) is 0.663. The number of ketones is 1. The minimum absolute atomic E-state index is 0.00114. The summed E-state index contributed by atoms with van der Waals surface area (Å²) >= 11 is 0. The number of Topliss-reactive ketones (excluding diaryl/α,β-unsaturated/α-hetero) is 1. The van der Waals surface area contributed by atoms with Gasteiger partial charge in [-0.05, 0) is 238 Å². The molecule has 26 heteroatoms. The number of fused-ring (bicyclic) bond motifs is 12. The van der Waals surface area contributed by atoms with Crippen molar-refractivity contribution < 1.29 is 128 Å². The van der Waals surface area contributed by atoms with E-state index in [4.69, 9.17) is 42.6 Å². The Morgan fingerprint density at radius 3 is 1.20 bits per heavy atom. The molecule has 127 heavy (non-hydrogen) atoms. The highest BCUT2D eigenvalue weighted by Gasteiger charge is 2.62. The van der Waals surface area contributed by atoms with E-state index in [-0.39, 0.29) is 78.0 Å². The van der Waals surface area contributed by atoms with Crippen LogP contribution in [0.5, 0.6) is 0 Å². The summed E-state index contributed by atoms with van der Waals surface area (Å²) in [6, 6.07) is 0. The first-order valence-corrected chi connectivity index (χ1v) is 46.5. The van der Waals surface area contributed by atoms with Gasteiger partial charge in [0.15, 0.2) is 18.9 Å². The minimum Gasteiger partial charge on any atom is -0.454 e. The lowest BCUT2D eigenvalue weighted by molar-refractivity contribution is -0.285. The van der Waals surface area contributed by atoms with E-state index < -0.39 is 150 Å². The van der Waals surface area contributed by atoms with Gasteiger partial charge in [-0.15, -0.1) is 0 Å². The Morgan fingerprint density at radius 2 is 0.795 bits per heavy atom. The molecular formula is C101H146O26. The van der Waals surface area contributed by atoms with Gasteiger partial charge in [0.25, 0.3) is 0 Å². The van der Waals surface area contributed by atoms with Crippen molar-refractivity contribution in [1.82, 2.24) is 0 Å². The molecule has 706 valence electrons. The number of carbonyl (C=O) groups is 6. The first-order valence-electron chi connectivity index (χ1n) is 46.5. The molecule has 4 saturated carbocycles. The highest BCUT2D eigenvalue weighted by Crippen LogP contribution is 2.67. The quantitative estimate of drug-likeness (QED) is 0.0296. The van der Waals surface area contributed by atoms with E-state index in [2.05, 4.69) is 110 Å². The van der Waals surface area contributed by atoms with Crippen LogP contribution in [0, 0.1) is 72.9 Å². The Morgan fingerprint density at radius 1 is 0.433 bits per heavy atom. The third kappa shape index (κ3) is 19.0. The van der Waals surface area contributed by atoms with Crippen molar-refractivity contribution in [2.75, 3.05) is 26.4 Å². The van der Waals surface area contributed by atoms with Gasteiger partial charge in [-0.1, -0.05) is 143 Å². The van der Waals surface area contributed by atoms with Gasteiger partial charge < -0.3 is 98.8 Å². The van der Waals surface area contributed by atoms with Crippen molar-refractivity contribution in [3.8, 4) is 0 Å². The molecule has 0 bridgehead atoms. The predicted molar refractivity (Wildman–Crippen MR) is 471 cm³/mol. The lowest BCUT2D eigenvalue weighted by atomic mass is 9.54. The maximum atomic E-state index is 13.7. The number of aliphatic hydroxyl groups is 11. The number of esters is 3. The number of aliphatic hydroxyl groups excluding tert-OH is 11. The lowest BCUT2D eigenvalue weighted by Gasteiger charge is -2.51. The number of hydrogen-bond donors (Lipinski definition) is 11.